The lowest BCUT2D eigenvalue weighted by atomic mass is 10.0. The largest absolute Gasteiger partial charge is 0.379 e. The smallest absolute Gasteiger partial charge is 0.131 e. The summed E-state index contributed by atoms with van der Waals surface area (Å²) in [6.07, 6.45) is 0. The van der Waals surface area contributed by atoms with E-state index in [9.17, 15) is 5.11 Å². The molecule has 0 saturated heterocycles. The highest BCUT2D eigenvalue weighted by molar-refractivity contribution is 9.10. The van der Waals surface area contributed by atoms with Crippen molar-refractivity contribution in [2.45, 2.75) is 19.4 Å². The zero-order valence-corrected chi connectivity index (χ0v) is 11.7. The van der Waals surface area contributed by atoms with Crippen LogP contribution in [0.1, 0.15) is 21.6 Å². The molecule has 80 valence electrons. The number of thiophene rings is 2. The minimum absolute atomic E-state index is 0.883. The predicted molar refractivity (Wildman–Crippen MR) is 69.7 cm³/mol. The first-order valence-corrected chi connectivity index (χ1v) is 7.03. The fourth-order valence-corrected chi connectivity index (χ4v) is 4.27. The third-order valence-corrected chi connectivity index (χ3v) is 5.54. The highest BCUT2D eigenvalue weighted by Crippen LogP contribution is 2.40. The summed E-state index contributed by atoms with van der Waals surface area (Å²) < 4.78 is 0.976. The molecule has 2 rings (SSSR count). The molecule has 0 aliphatic carbocycles. The molecule has 0 aliphatic heterocycles. The van der Waals surface area contributed by atoms with Crippen molar-refractivity contribution in [3.05, 3.63) is 42.7 Å². The van der Waals surface area contributed by atoms with Crippen LogP contribution >= 0.6 is 38.6 Å². The summed E-state index contributed by atoms with van der Waals surface area (Å²) in [5.41, 5.74) is -0.883. The van der Waals surface area contributed by atoms with Crippen LogP contribution in [0.25, 0.3) is 0 Å². The third kappa shape index (κ3) is 2.04. The lowest BCUT2D eigenvalue weighted by Gasteiger charge is -2.21. The van der Waals surface area contributed by atoms with E-state index < -0.39 is 5.60 Å². The molecule has 1 N–H and O–H groups in total. The molecule has 1 atom stereocenters. The van der Waals surface area contributed by atoms with Gasteiger partial charge in [-0.3, -0.25) is 0 Å². The van der Waals surface area contributed by atoms with Crippen molar-refractivity contribution in [3.8, 4) is 0 Å². The van der Waals surface area contributed by atoms with Gasteiger partial charge >= 0.3 is 0 Å². The summed E-state index contributed by atoms with van der Waals surface area (Å²) in [6.45, 7) is 3.89. The molecule has 0 aromatic carbocycles. The number of hydrogen-bond donors (Lipinski definition) is 1. The van der Waals surface area contributed by atoms with Crippen LogP contribution in [-0.4, -0.2) is 5.11 Å². The van der Waals surface area contributed by atoms with Gasteiger partial charge in [0, 0.05) is 14.2 Å². The van der Waals surface area contributed by atoms with Gasteiger partial charge in [0.05, 0.1) is 4.88 Å². The average molecular weight is 303 g/mol. The van der Waals surface area contributed by atoms with Gasteiger partial charge in [-0.1, -0.05) is 0 Å². The summed E-state index contributed by atoms with van der Waals surface area (Å²) in [5, 5.41) is 12.5. The summed E-state index contributed by atoms with van der Waals surface area (Å²) in [6, 6.07) is 6.00. The molecule has 15 heavy (non-hydrogen) atoms. The molecule has 0 amide bonds. The standard InChI is InChI=1S/C11H11BrOS2/c1-7-3-4-9(15-7)11(2,13)10-8(12)5-6-14-10/h3-6,13H,1-2H3. The lowest BCUT2D eigenvalue weighted by molar-refractivity contribution is 0.109. The van der Waals surface area contributed by atoms with E-state index in [1.54, 1.807) is 22.7 Å². The van der Waals surface area contributed by atoms with Crippen LogP contribution in [0.2, 0.25) is 0 Å². The van der Waals surface area contributed by atoms with E-state index in [4.69, 9.17) is 0 Å². The number of halogens is 1. The minimum Gasteiger partial charge on any atom is -0.379 e. The van der Waals surface area contributed by atoms with Gasteiger partial charge in [0.2, 0.25) is 0 Å². The Balaban J connectivity index is 2.47. The summed E-state index contributed by atoms with van der Waals surface area (Å²) >= 11 is 6.67. The molecule has 0 aliphatic rings. The van der Waals surface area contributed by atoms with Gasteiger partial charge in [-0.2, -0.15) is 0 Å². The second-order valence-electron chi connectivity index (χ2n) is 3.58. The Morgan fingerprint density at radius 3 is 2.53 bits per heavy atom. The van der Waals surface area contributed by atoms with Crippen LogP contribution in [0.5, 0.6) is 0 Å². The zero-order chi connectivity index (χ0) is 11.1. The van der Waals surface area contributed by atoms with Crippen LogP contribution < -0.4 is 0 Å². The fraction of sp³-hybridized carbons (Fsp3) is 0.273. The first-order valence-electron chi connectivity index (χ1n) is 4.54. The second kappa shape index (κ2) is 4.01. The van der Waals surface area contributed by atoms with Gasteiger partial charge in [0.1, 0.15) is 5.60 Å². The zero-order valence-electron chi connectivity index (χ0n) is 8.45. The van der Waals surface area contributed by atoms with Gasteiger partial charge in [-0.05, 0) is 53.4 Å². The van der Waals surface area contributed by atoms with E-state index in [0.717, 1.165) is 14.2 Å². The Kier molecular flexibility index (Phi) is 3.03. The minimum atomic E-state index is -0.883. The van der Waals surface area contributed by atoms with Crippen molar-refractivity contribution >= 4 is 38.6 Å². The van der Waals surface area contributed by atoms with Crippen molar-refractivity contribution in [2.24, 2.45) is 0 Å². The Morgan fingerprint density at radius 2 is 2.07 bits per heavy atom. The lowest BCUT2D eigenvalue weighted by Crippen LogP contribution is -2.20. The van der Waals surface area contributed by atoms with E-state index >= 15 is 0 Å². The molecular formula is C11H11BrOS2. The molecule has 0 bridgehead atoms. The molecule has 2 aromatic rings. The van der Waals surface area contributed by atoms with E-state index in [1.165, 1.54) is 4.88 Å². The Bertz CT molecular complexity index is 470. The highest BCUT2D eigenvalue weighted by atomic mass is 79.9. The molecule has 2 aromatic heterocycles. The predicted octanol–water partition coefficient (Wildman–Crippen LogP) is 4.14. The van der Waals surface area contributed by atoms with Gasteiger partial charge in [0.15, 0.2) is 0 Å². The molecule has 4 heteroatoms. The van der Waals surface area contributed by atoms with Crippen LogP contribution in [0, 0.1) is 6.92 Å². The van der Waals surface area contributed by atoms with Crippen LogP contribution in [0.3, 0.4) is 0 Å². The third-order valence-electron chi connectivity index (χ3n) is 2.28. The van der Waals surface area contributed by atoms with Crippen molar-refractivity contribution in [1.82, 2.24) is 0 Å². The first kappa shape index (κ1) is 11.3. The number of aryl methyl sites for hydroxylation is 1. The van der Waals surface area contributed by atoms with Crippen LogP contribution in [0.15, 0.2) is 28.1 Å². The first-order chi connectivity index (χ1) is 7.01. The molecule has 0 spiro atoms. The van der Waals surface area contributed by atoms with Crippen molar-refractivity contribution in [3.63, 3.8) is 0 Å². The maximum Gasteiger partial charge on any atom is 0.131 e. The second-order valence-corrected chi connectivity index (χ2v) is 6.64. The monoisotopic (exact) mass is 302 g/mol. The Hall–Kier alpha value is -0.160. The molecule has 1 unspecified atom stereocenters. The number of rotatable bonds is 2. The van der Waals surface area contributed by atoms with Gasteiger partial charge in [-0.15, -0.1) is 22.7 Å². The molecule has 0 fully saturated rings. The van der Waals surface area contributed by atoms with Crippen molar-refractivity contribution in [2.75, 3.05) is 0 Å². The molecular weight excluding hydrogens is 292 g/mol. The molecule has 0 radical (unpaired) electrons. The van der Waals surface area contributed by atoms with Gasteiger partial charge in [-0.25, -0.2) is 0 Å². The molecule has 2 heterocycles. The fourth-order valence-electron chi connectivity index (χ4n) is 1.45. The average Bonchev–Trinajstić information content (AvgIpc) is 2.74. The van der Waals surface area contributed by atoms with Gasteiger partial charge < -0.3 is 5.11 Å². The topological polar surface area (TPSA) is 20.2 Å². The van der Waals surface area contributed by atoms with E-state index in [0.29, 0.717) is 0 Å². The van der Waals surface area contributed by atoms with Gasteiger partial charge in [0.25, 0.3) is 0 Å². The summed E-state index contributed by atoms with van der Waals surface area (Å²) in [7, 11) is 0. The number of aliphatic hydroxyl groups is 1. The highest BCUT2D eigenvalue weighted by Gasteiger charge is 2.30. The normalized spacial score (nSPS) is 15.2. The molecule has 0 saturated carbocycles. The van der Waals surface area contributed by atoms with E-state index in [-0.39, 0.29) is 0 Å². The summed E-state index contributed by atoms with van der Waals surface area (Å²) in [4.78, 5) is 3.17. The van der Waals surface area contributed by atoms with Crippen molar-refractivity contribution < 1.29 is 5.11 Å². The van der Waals surface area contributed by atoms with Crippen LogP contribution in [0.4, 0.5) is 0 Å². The van der Waals surface area contributed by atoms with E-state index in [2.05, 4.69) is 15.9 Å². The van der Waals surface area contributed by atoms with Crippen molar-refractivity contribution in [1.29, 1.82) is 0 Å². The summed E-state index contributed by atoms with van der Waals surface area (Å²) in [5.74, 6) is 0. The Labute approximate surface area is 106 Å². The number of hydrogen-bond acceptors (Lipinski definition) is 3. The maximum atomic E-state index is 10.5. The Morgan fingerprint density at radius 1 is 1.33 bits per heavy atom. The molecule has 1 nitrogen and oxygen atoms in total. The quantitative estimate of drug-likeness (QED) is 0.884. The van der Waals surface area contributed by atoms with Crippen LogP contribution in [-0.2, 0) is 5.60 Å². The SMILES string of the molecule is Cc1ccc(C(C)(O)c2sccc2Br)s1. The maximum absolute atomic E-state index is 10.5. The van der Waals surface area contributed by atoms with E-state index in [1.807, 2.05) is 37.4 Å².